The van der Waals surface area contributed by atoms with Crippen LogP contribution in [0.4, 0.5) is 0 Å². The summed E-state index contributed by atoms with van der Waals surface area (Å²) >= 11 is 46.1. The van der Waals surface area contributed by atoms with Crippen LogP contribution in [0.5, 0.6) is 0 Å². The summed E-state index contributed by atoms with van der Waals surface area (Å²) in [6.07, 6.45) is 40.3. The van der Waals surface area contributed by atoms with E-state index < -0.39 is 59.8 Å². The number of aromatic nitrogens is 18. The average molecular weight is 2590 g/mol. The minimum Gasteiger partial charge on any atom is -0.480 e. The van der Waals surface area contributed by atoms with Crippen molar-refractivity contribution in [2.45, 2.75) is 356 Å². The summed E-state index contributed by atoms with van der Waals surface area (Å²) in [6.45, 7) is 8.37. The fraction of sp³-hybridized carbons (Fsp3) is 0.558. The van der Waals surface area contributed by atoms with Crippen LogP contribution in [-0.4, -0.2) is 187 Å². The molecule has 2 unspecified atom stereocenters. The molecule has 144 heavy (non-hydrogen) atoms. The number of methoxy groups -OCH3 is 1. The Hall–Kier alpha value is -4.87. The second-order valence-electron chi connectivity index (χ2n) is 39.0. The monoisotopic (exact) mass is 2580 g/mol. The number of carboxylic acid groups (broad SMARTS) is 5. The Morgan fingerprint density at radius 1 is 0.361 bits per heavy atom. The number of carbonyl (C=O) groups is 6. The highest BCUT2D eigenvalue weighted by Crippen LogP contribution is 2.60. The highest BCUT2D eigenvalue weighted by molar-refractivity contribution is 9.11. The number of esters is 1. The maximum Gasteiger partial charge on any atom is 0.322 e. The van der Waals surface area contributed by atoms with Gasteiger partial charge >= 0.3 is 35.8 Å². The number of carboxylic acids is 5. The molecule has 5 N–H and O–H groups in total. The first kappa shape index (κ1) is 106. The van der Waals surface area contributed by atoms with E-state index in [4.69, 9.17) is 26.6 Å². The molecule has 0 saturated heterocycles. The summed E-state index contributed by atoms with van der Waals surface area (Å²) < 4.78 is 18.8. The topological polar surface area (TPSA) is 397 Å². The van der Waals surface area contributed by atoms with E-state index in [0.29, 0.717) is 68.2 Å². The Kier molecular flexibility index (Phi) is 32.7. The smallest absolute Gasteiger partial charge is 0.322 e. The molecule has 13 aliphatic carbocycles. The van der Waals surface area contributed by atoms with Crippen LogP contribution in [0.15, 0.2) is 65.4 Å². The van der Waals surface area contributed by atoms with Gasteiger partial charge < -0.3 is 30.3 Å². The van der Waals surface area contributed by atoms with Gasteiger partial charge in [-0.05, 0) is 439 Å². The van der Waals surface area contributed by atoms with Crippen molar-refractivity contribution in [1.82, 2.24) is 88.6 Å². The van der Waals surface area contributed by atoms with Crippen molar-refractivity contribution >= 4 is 282 Å². The maximum absolute atomic E-state index is 12.6. The molecule has 49 heteroatoms. The Morgan fingerprint density at radius 3 is 0.924 bits per heavy atom. The van der Waals surface area contributed by atoms with Crippen molar-refractivity contribution in [2.24, 2.45) is 0 Å². The lowest BCUT2D eigenvalue weighted by molar-refractivity contribution is -0.143. The summed E-state index contributed by atoms with van der Waals surface area (Å²) in [5, 5.41) is 107. The Labute approximate surface area is 936 Å². The first-order chi connectivity index (χ1) is 69.2. The Bertz CT molecular complexity index is 6950. The number of hydrogen-bond donors (Lipinski definition) is 5. The molecule has 13 aliphatic rings. The second-order valence-corrected chi connectivity index (χ2v) is 58.1. The van der Waals surface area contributed by atoms with Crippen LogP contribution in [0.25, 0.3) is 30.0 Å². The molecule has 12 aromatic rings. The van der Waals surface area contributed by atoms with Crippen LogP contribution in [0.1, 0.15) is 316 Å². The standard InChI is InChI=1S/C19H22BrN3O2S2.C17H18BrN3O2S2.2C16H18BrN3O2S2.C15H16BrN3O2S2.C12H11BrClN3O2S2/c1-25-16(24)19(9-2-3-10-19)27-18-22-21-17(20)23(18)15-13-6-4-5-12(13)14(26-15)11-7-8-11;18-15-19-20-16(25-17(14(22)23)7-2-8-17)21(15)13-11-4-1-3-10(11)12(24-13)9-5-6-9;1-16(2,13(21)22)24-15-19-18-14(17)20(15)12-10-5-3-4-9(10)11(23-12)8-6-7-8;1-8(14(21)22)23-16-19-18-15(17)20(16)13-11-5-3-2-4-10(11)12(24-13)9-6-7-9;1-7(13(20)21)22-15-18-17-14(16)19(15)12-10-4-2-3-9(10)11(23-12)8-5-6-8;1-5(10(18)19)20-12-16-15-11(13)17(12)8-4-7(14)9(21-8)6-2-3-6/h11H,2-10H2,1H3;9H,1-8H2,(H,22,23);8H,3-7H2,1-2H3,(H,21,22);8-9H,2-7H2,1H3,(H,21,22);7-8H,2-6H2,1H3,(H,20,21);4-6H,2-3H2,1H3,(H,18,19)/t;;;8-;;/m...1../s1. The number of rotatable bonds is 30. The van der Waals surface area contributed by atoms with E-state index in [1.807, 2.05) is 81.0 Å². The lowest BCUT2D eigenvalue weighted by atomic mass is 9.84. The molecular weight excluding hydrogens is 2480 g/mol. The SMILES string of the molecule is CC(C)(Sc1nnc(Br)n1-c1sc(C2CC2)c2c1CCC2)C(=O)O.CC(Sc1nnc(Br)n1-c1cc(Cl)c(C2CC2)s1)C(=O)O.CC(Sc1nnc(Br)n1-c1sc(C2CC2)c2c1CCC2)C(=O)O.COC(=O)C1(Sc2nnc(Br)n2-c2sc(C3CC3)c3c2CCC3)CCCC1.C[C@@H](Sc1nnc(Br)n1-c1sc(C2CC2)c2c1CCCC2)C(=O)O.O=C(O)C1(Sc2nnc(Br)n2-c2sc(C3CC3)c3c2CCC3)CCC1. The van der Waals surface area contributed by atoms with Gasteiger partial charge in [0, 0.05) is 29.3 Å². The van der Waals surface area contributed by atoms with Gasteiger partial charge in [-0.25, -0.2) is 0 Å². The summed E-state index contributed by atoms with van der Waals surface area (Å²) in [5.74, 6) is 0.0142. The van der Waals surface area contributed by atoms with Gasteiger partial charge in [-0.15, -0.1) is 129 Å². The number of carbonyl (C=O) groups excluding carboxylic acids is 1. The Morgan fingerprint density at radius 2 is 0.625 bits per heavy atom. The predicted molar refractivity (Wildman–Crippen MR) is 589 cm³/mol. The first-order valence-electron chi connectivity index (χ1n) is 48.7. The minimum absolute atomic E-state index is 0.134. The molecular formula is C95H103Br6ClN18O12S12. The Balaban J connectivity index is 0.000000106. The van der Waals surface area contributed by atoms with Crippen molar-refractivity contribution in [3.63, 3.8) is 0 Å². The molecule has 8 saturated carbocycles. The lowest BCUT2D eigenvalue weighted by Crippen LogP contribution is -2.42. The summed E-state index contributed by atoms with van der Waals surface area (Å²) in [4.78, 5) is 78.1. The van der Waals surface area contributed by atoms with Crippen molar-refractivity contribution in [1.29, 1.82) is 0 Å². The van der Waals surface area contributed by atoms with Gasteiger partial charge in [0.2, 0.25) is 28.4 Å². The molecule has 0 bridgehead atoms. The van der Waals surface area contributed by atoms with Crippen LogP contribution in [0.3, 0.4) is 0 Å². The number of ether oxygens (including phenoxy) is 1. The van der Waals surface area contributed by atoms with E-state index in [1.54, 1.807) is 93.6 Å². The molecule has 0 aliphatic heterocycles. The van der Waals surface area contributed by atoms with E-state index in [9.17, 15) is 44.1 Å². The molecule has 12 aromatic heterocycles. The zero-order valence-corrected chi connectivity index (χ0v) is 99.3. The highest BCUT2D eigenvalue weighted by Gasteiger charge is 2.50. The predicted octanol–water partition coefficient (Wildman–Crippen LogP) is 26.6. The van der Waals surface area contributed by atoms with Crippen LogP contribution in [0, 0.1) is 0 Å². The summed E-state index contributed by atoms with van der Waals surface area (Å²) in [5.41, 5.74) is 14.9. The summed E-state index contributed by atoms with van der Waals surface area (Å²) in [7, 11) is 1.48. The van der Waals surface area contributed by atoms with Crippen LogP contribution >= 0.6 is 246 Å². The average Bonchev–Trinajstić information content (AvgIpc) is 1.59. The molecule has 8 fully saturated rings. The highest BCUT2D eigenvalue weighted by atomic mass is 79.9. The van der Waals surface area contributed by atoms with Gasteiger partial charge in [-0.2, -0.15) is 0 Å². The third-order valence-electron chi connectivity index (χ3n) is 28.2. The first-order valence-corrected chi connectivity index (χ1v) is 63.8. The van der Waals surface area contributed by atoms with Crippen LogP contribution < -0.4 is 0 Å². The van der Waals surface area contributed by atoms with Gasteiger partial charge in [0.1, 0.15) is 60.0 Å². The van der Waals surface area contributed by atoms with E-state index in [1.165, 1.54) is 280 Å². The minimum atomic E-state index is -0.954. The number of fused-ring (bicyclic) bond motifs is 5. The molecule has 0 radical (unpaired) electrons. The van der Waals surface area contributed by atoms with Crippen molar-refractivity contribution in [3.8, 4) is 30.0 Å². The molecule has 12 heterocycles. The number of aliphatic carboxylic acids is 5. The number of hydrogen-bond acceptors (Lipinski definition) is 31. The van der Waals surface area contributed by atoms with Crippen LogP contribution in [-0.2, 0) is 97.7 Å². The maximum atomic E-state index is 12.6. The quantitative estimate of drug-likeness (QED) is 0.0206. The number of thiophene rings is 6. The fourth-order valence-corrected chi connectivity index (χ4v) is 39.2. The molecule has 0 aromatic carbocycles. The molecule has 0 spiro atoms. The zero-order chi connectivity index (χ0) is 101. The van der Waals surface area contributed by atoms with Crippen LogP contribution in [0.2, 0.25) is 5.02 Å². The summed E-state index contributed by atoms with van der Waals surface area (Å²) in [6, 6.07) is 1.89. The number of halogens is 7. The fourth-order valence-electron chi connectivity index (χ4n) is 19.5. The van der Waals surface area contributed by atoms with Gasteiger partial charge in [-0.1, -0.05) is 95.0 Å². The number of nitrogens with zero attached hydrogens (tertiary/aromatic N) is 18. The van der Waals surface area contributed by atoms with Gasteiger partial charge in [0.25, 0.3) is 0 Å². The molecule has 25 rings (SSSR count). The number of thioether (sulfide) groups is 6. The molecule has 0 amide bonds. The van der Waals surface area contributed by atoms with E-state index >= 15 is 0 Å². The van der Waals surface area contributed by atoms with E-state index in [2.05, 4.69) is 161 Å². The second kappa shape index (κ2) is 44.3. The lowest BCUT2D eigenvalue weighted by Gasteiger charge is -2.36. The largest absolute Gasteiger partial charge is 0.480 e. The van der Waals surface area contributed by atoms with Gasteiger partial charge in [-0.3, -0.25) is 56.2 Å². The molecule has 766 valence electrons. The van der Waals surface area contributed by atoms with Gasteiger partial charge in [0.15, 0.2) is 30.9 Å². The molecule has 30 nitrogen and oxygen atoms in total. The van der Waals surface area contributed by atoms with Crippen molar-refractivity contribution in [3.05, 3.63) is 124 Å². The third kappa shape index (κ3) is 22.2. The van der Waals surface area contributed by atoms with Crippen molar-refractivity contribution in [2.75, 3.05) is 7.11 Å². The van der Waals surface area contributed by atoms with Crippen molar-refractivity contribution < 1.29 is 59.0 Å². The normalized spacial score (nSPS) is 18.8. The van der Waals surface area contributed by atoms with Gasteiger partial charge in [0.05, 0.1) is 12.1 Å². The third-order valence-corrected chi connectivity index (χ3v) is 47.1. The van der Waals surface area contributed by atoms with E-state index in [-0.39, 0.29) is 5.97 Å². The molecule has 3 atom stereocenters. The van der Waals surface area contributed by atoms with E-state index in [0.717, 1.165) is 125 Å². The zero-order valence-electron chi connectivity index (χ0n) is 79.2.